The topological polar surface area (TPSA) is 61.5 Å². The van der Waals surface area contributed by atoms with Crippen molar-refractivity contribution in [2.45, 2.75) is 18.9 Å². The third-order valence-corrected chi connectivity index (χ3v) is 2.41. The summed E-state index contributed by atoms with van der Waals surface area (Å²) >= 11 is 0. The summed E-state index contributed by atoms with van der Waals surface area (Å²) in [4.78, 5) is 11.1. The maximum Gasteiger partial charge on any atom is 0.322 e. The number of ether oxygens (including phenoxy) is 2. The molecule has 0 spiro atoms. The lowest BCUT2D eigenvalue weighted by Crippen LogP contribution is -2.31. The fraction of sp³-hybridized carbons (Fsp3) is 0.417. The van der Waals surface area contributed by atoms with E-state index in [1.807, 2.05) is 24.3 Å². The minimum Gasteiger partial charge on any atom is -0.497 e. The number of carbonyl (C=O) groups excluding carboxylic acids is 1. The first-order chi connectivity index (χ1) is 7.67. The quantitative estimate of drug-likeness (QED) is 0.760. The van der Waals surface area contributed by atoms with Gasteiger partial charge in [0.1, 0.15) is 11.8 Å². The van der Waals surface area contributed by atoms with Gasteiger partial charge in [-0.15, -0.1) is 0 Å². The molecule has 0 saturated carbocycles. The van der Waals surface area contributed by atoms with Crippen LogP contribution in [0.1, 0.15) is 12.0 Å². The van der Waals surface area contributed by atoms with Crippen LogP contribution in [0.3, 0.4) is 0 Å². The lowest BCUT2D eigenvalue weighted by Gasteiger charge is -2.09. The summed E-state index contributed by atoms with van der Waals surface area (Å²) in [5.41, 5.74) is 6.76. The standard InChI is InChI=1S/C12H17NO3/c1-15-10-6-3-9(4-7-10)5-8-11(13)12(14)16-2/h3-4,6-7,11H,5,8,13H2,1-2H3/t11-/m1/s1. The molecule has 1 aromatic rings. The van der Waals surface area contributed by atoms with Gasteiger partial charge in [0.05, 0.1) is 14.2 Å². The van der Waals surface area contributed by atoms with Gasteiger partial charge in [0.25, 0.3) is 0 Å². The molecule has 1 rings (SSSR count). The predicted molar refractivity (Wildman–Crippen MR) is 61.3 cm³/mol. The molecule has 0 fully saturated rings. The first-order valence-electron chi connectivity index (χ1n) is 5.13. The van der Waals surface area contributed by atoms with Crippen LogP contribution in [-0.4, -0.2) is 26.2 Å². The summed E-state index contributed by atoms with van der Waals surface area (Å²) < 4.78 is 9.60. The van der Waals surface area contributed by atoms with Crippen molar-refractivity contribution in [3.63, 3.8) is 0 Å². The number of hydrogen-bond acceptors (Lipinski definition) is 4. The predicted octanol–water partition coefficient (Wildman–Crippen LogP) is 1.13. The van der Waals surface area contributed by atoms with Crippen molar-refractivity contribution < 1.29 is 14.3 Å². The van der Waals surface area contributed by atoms with Crippen LogP contribution < -0.4 is 10.5 Å². The zero-order chi connectivity index (χ0) is 12.0. The van der Waals surface area contributed by atoms with E-state index in [1.165, 1.54) is 7.11 Å². The molecule has 16 heavy (non-hydrogen) atoms. The number of aryl methyl sites for hydroxylation is 1. The average molecular weight is 223 g/mol. The molecule has 1 atom stereocenters. The minimum absolute atomic E-state index is 0.367. The number of benzene rings is 1. The second-order valence-corrected chi connectivity index (χ2v) is 3.52. The summed E-state index contributed by atoms with van der Waals surface area (Å²) in [6.07, 6.45) is 1.33. The van der Waals surface area contributed by atoms with Crippen molar-refractivity contribution in [2.24, 2.45) is 5.73 Å². The molecule has 1 aromatic carbocycles. The fourth-order valence-electron chi connectivity index (χ4n) is 1.38. The van der Waals surface area contributed by atoms with Crippen molar-refractivity contribution in [3.8, 4) is 5.75 Å². The van der Waals surface area contributed by atoms with Gasteiger partial charge in [-0.2, -0.15) is 0 Å². The highest BCUT2D eigenvalue weighted by molar-refractivity contribution is 5.75. The van der Waals surface area contributed by atoms with Crippen LogP contribution in [0.25, 0.3) is 0 Å². The van der Waals surface area contributed by atoms with Crippen LogP contribution in [0.4, 0.5) is 0 Å². The third-order valence-electron chi connectivity index (χ3n) is 2.41. The molecule has 4 heteroatoms. The second-order valence-electron chi connectivity index (χ2n) is 3.52. The highest BCUT2D eigenvalue weighted by atomic mass is 16.5. The summed E-state index contributed by atoms with van der Waals surface area (Å²) in [5.74, 6) is 0.453. The van der Waals surface area contributed by atoms with E-state index in [2.05, 4.69) is 4.74 Å². The zero-order valence-electron chi connectivity index (χ0n) is 9.60. The molecule has 0 amide bonds. The minimum atomic E-state index is -0.549. The Morgan fingerprint density at radius 3 is 2.44 bits per heavy atom. The molecular formula is C12H17NO3. The molecular weight excluding hydrogens is 206 g/mol. The van der Waals surface area contributed by atoms with E-state index in [0.717, 1.165) is 17.7 Å². The average Bonchev–Trinajstić information content (AvgIpc) is 2.35. The first-order valence-corrected chi connectivity index (χ1v) is 5.13. The molecule has 4 nitrogen and oxygen atoms in total. The molecule has 0 aromatic heterocycles. The van der Waals surface area contributed by atoms with Gasteiger partial charge in [0, 0.05) is 0 Å². The van der Waals surface area contributed by atoms with E-state index < -0.39 is 6.04 Å². The van der Waals surface area contributed by atoms with Crippen LogP contribution in [0.5, 0.6) is 5.75 Å². The van der Waals surface area contributed by atoms with E-state index in [1.54, 1.807) is 7.11 Å². The largest absolute Gasteiger partial charge is 0.497 e. The van der Waals surface area contributed by atoms with Crippen LogP contribution in [0.2, 0.25) is 0 Å². The van der Waals surface area contributed by atoms with Crippen molar-refractivity contribution in [1.29, 1.82) is 0 Å². The zero-order valence-corrected chi connectivity index (χ0v) is 9.60. The van der Waals surface area contributed by atoms with E-state index >= 15 is 0 Å². The Balaban J connectivity index is 2.45. The molecule has 0 aliphatic carbocycles. The van der Waals surface area contributed by atoms with Gasteiger partial charge in [0.15, 0.2) is 0 Å². The molecule has 0 radical (unpaired) electrons. The lowest BCUT2D eigenvalue weighted by atomic mass is 10.1. The number of nitrogens with two attached hydrogens (primary N) is 1. The monoisotopic (exact) mass is 223 g/mol. The van der Waals surface area contributed by atoms with E-state index in [4.69, 9.17) is 10.5 Å². The second kappa shape index (κ2) is 6.12. The van der Waals surface area contributed by atoms with Crippen LogP contribution in [-0.2, 0) is 16.0 Å². The van der Waals surface area contributed by atoms with Gasteiger partial charge in [-0.25, -0.2) is 0 Å². The van der Waals surface area contributed by atoms with Crippen molar-refractivity contribution in [3.05, 3.63) is 29.8 Å². The number of methoxy groups -OCH3 is 2. The van der Waals surface area contributed by atoms with Gasteiger partial charge in [0.2, 0.25) is 0 Å². The summed E-state index contributed by atoms with van der Waals surface area (Å²) in [6, 6.07) is 7.15. The van der Waals surface area contributed by atoms with E-state index in [9.17, 15) is 4.79 Å². The van der Waals surface area contributed by atoms with Crippen LogP contribution in [0.15, 0.2) is 24.3 Å². The van der Waals surface area contributed by atoms with Gasteiger partial charge in [-0.1, -0.05) is 12.1 Å². The van der Waals surface area contributed by atoms with E-state index in [-0.39, 0.29) is 5.97 Å². The SMILES string of the molecule is COC(=O)[C@H](N)CCc1ccc(OC)cc1. The highest BCUT2D eigenvalue weighted by Gasteiger charge is 2.12. The molecule has 0 saturated heterocycles. The maximum absolute atomic E-state index is 11.1. The van der Waals surface area contributed by atoms with Crippen LogP contribution in [0, 0.1) is 0 Å². The van der Waals surface area contributed by atoms with Crippen molar-refractivity contribution in [2.75, 3.05) is 14.2 Å². The lowest BCUT2D eigenvalue weighted by molar-refractivity contribution is -0.142. The van der Waals surface area contributed by atoms with E-state index in [0.29, 0.717) is 6.42 Å². The maximum atomic E-state index is 11.1. The first kappa shape index (κ1) is 12.5. The molecule has 0 aliphatic rings. The number of hydrogen-bond donors (Lipinski definition) is 1. The normalized spacial score (nSPS) is 11.9. The van der Waals surface area contributed by atoms with Crippen molar-refractivity contribution >= 4 is 5.97 Å². The smallest absolute Gasteiger partial charge is 0.322 e. The Bertz CT molecular complexity index is 335. The summed E-state index contributed by atoms with van der Waals surface area (Å²) in [6.45, 7) is 0. The molecule has 88 valence electrons. The molecule has 0 heterocycles. The van der Waals surface area contributed by atoms with Gasteiger partial charge < -0.3 is 15.2 Å². The Hall–Kier alpha value is -1.55. The number of esters is 1. The van der Waals surface area contributed by atoms with Gasteiger partial charge >= 0.3 is 5.97 Å². The number of rotatable bonds is 5. The summed E-state index contributed by atoms with van der Waals surface area (Å²) in [5, 5.41) is 0. The Morgan fingerprint density at radius 2 is 1.94 bits per heavy atom. The molecule has 0 unspecified atom stereocenters. The van der Waals surface area contributed by atoms with Crippen LogP contribution >= 0.6 is 0 Å². The fourth-order valence-corrected chi connectivity index (χ4v) is 1.38. The Kier molecular flexibility index (Phi) is 4.79. The third kappa shape index (κ3) is 3.55. The van der Waals surface area contributed by atoms with Gasteiger partial charge in [-0.05, 0) is 30.5 Å². The van der Waals surface area contributed by atoms with Gasteiger partial charge in [-0.3, -0.25) is 4.79 Å². The highest BCUT2D eigenvalue weighted by Crippen LogP contribution is 2.13. The molecule has 0 aliphatic heterocycles. The Labute approximate surface area is 95.3 Å². The number of carbonyl (C=O) groups is 1. The Morgan fingerprint density at radius 1 is 1.31 bits per heavy atom. The van der Waals surface area contributed by atoms with Crippen molar-refractivity contribution in [1.82, 2.24) is 0 Å². The summed E-state index contributed by atoms with van der Waals surface area (Å²) in [7, 11) is 2.97. The molecule has 0 bridgehead atoms. The molecule has 2 N–H and O–H groups in total.